The van der Waals surface area contributed by atoms with E-state index in [1.54, 1.807) is 11.3 Å². The van der Waals surface area contributed by atoms with Crippen molar-refractivity contribution in [3.05, 3.63) is 52.9 Å². The van der Waals surface area contributed by atoms with Gasteiger partial charge in [0.15, 0.2) is 0 Å². The van der Waals surface area contributed by atoms with Crippen LogP contribution < -0.4 is 5.32 Å². The van der Waals surface area contributed by atoms with E-state index >= 15 is 0 Å². The van der Waals surface area contributed by atoms with Gasteiger partial charge >= 0.3 is 0 Å². The zero-order valence-electron chi connectivity index (χ0n) is 11.9. The van der Waals surface area contributed by atoms with Crippen molar-refractivity contribution >= 4 is 22.1 Å². The lowest BCUT2D eigenvalue weighted by Crippen LogP contribution is -2.23. The van der Waals surface area contributed by atoms with Gasteiger partial charge < -0.3 is 5.32 Å². The molecule has 0 aliphatic carbocycles. The van der Waals surface area contributed by atoms with E-state index in [2.05, 4.69) is 53.2 Å². The molecule has 3 heteroatoms. The topological polar surface area (TPSA) is 24.9 Å². The third-order valence-electron chi connectivity index (χ3n) is 4.20. The Morgan fingerprint density at radius 3 is 2.95 bits per heavy atom. The van der Waals surface area contributed by atoms with E-state index in [-0.39, 0.29) is 0 Å². The molecular formula is C18H18N2S. The number of nitrogens with zero attached hydrogens (tertiary/aromatic N) is 1. The van der Waals surface area contributed by atoms with Gasteiger partial charge in [-0.25, -0.2) is 4.98 Å². The lowest BCUT2D eigenvalue weighted by molar-refractivity contribution is 0.601. The Kier molecular flexibility index (Phi) is 3.45. The first-order chi connectivity index (χ1) is 10.4. The van der Waals surface area contributed by atoms with E-state index in [0.29, 0.717) is 6.04 Å². The Morgan fingerprint density at radius 2 is 2.05 bits per heavy atom. The molecule has 1 aliphatic heterocycles. The first-order valence-corrected chi connectivity index (χ1v) is 8.44. The Balaban J connectivity index is 1.67. The number of hydrogen-bond donors (Lipinski definition) is 1. The Labute approximate surface area is 128 Å². The molecule has 1 aromatic heterocycles. The molecule has 106 valence electrons. The van der Waals surface area contributed by atoms with Crippen LogP contribution in [0.3, 0.4) is 0 Å². The van der Waals surface area contributed by atoms with E-state index in [1.165, 1.54) is 34.2 Å². The van der Waals surface area contributed by atoms with Crippen molar-refractivity contribution in [2.24, 2.45) is 0 Å². The standard InChI is InChI=1S/C18H18N2S/c1-2-8-15-13(5-1)6-3-9-16(15)17-12-21-18(20-17)11-14-7-4-10-19-14/h1-3,5-6,8-9,12,14,19H,4,7,10-11H2. The molecule has 3 aromatic rings. The Bertz CT molecular complexity index is 751. The molecule has 0 bridgehead atoms. The minimum Gasteiger partial charge on any atom is -0.314 e. The zero-order valence-corrected chi connectivity index (χ0v) is 12.7. The fourth-order valence-electron chi connectivity index (χ4n) is 3.12. The van der Waals surface area contributed by atoms with Crippen LogP contribution in [0.2, 0.25) is 0 Å². The average molecular weight is 294 g/mol. The van der Waals surface area contributed by atoms with Gasteiger partial charge in [0.2, 0.25) is 0 Å². The highest BCUT2D eigenvalue weighted by molar-refractivity contribution is 7.10. The van der Waals surface area contributed by atoms with Gasteiger partial charge in [0.05, 0.1) is 10.7 Å². The van der Waals surface area contributed by atoms with E-state index in [9.17, 15) is 0 Å². The third kappa shape index (κ3) is 2.59. The highest BCUT2D eigenvalue weighted by Crippen LogP contribution is 2.30. The maximum Gasteiger partial charge on any atom is 0.0948 e. The van der Waals surface area contributed by atoms with Crippen LogP contribution in [0, 0.1) is 0 Å². The molecule has 0 spiro atoms. The molecule has 1 unspecified atom stereocenters. The summed E-state index contributed by atoms with van der Waals surface area (Å²) in [4.78, 5) is 4.87. The minimum atomic E-state index is 0.622. The predicted octanol–water partition coefficient (Wildman–Crippen LogP) is 4.26. The number of fused-ring (bicyclic) bond motifs is 1. The molecule has 2 heterocycles. The van der Waals surface area contributed by atoms with E-state index < -0.39 is 0 Å². The summed E-state index contributed by atoms with van der Waals surface area (Å²) in [6.07, 6.45) is 3.64. The minimum absolute atomic E-state index is 0.622. The maximum atomic E-state index is 4.87. The van der Waals surface area contributed by atoms with Crippen molar-refractivity contribution in [2.75, 3.05) is 6.54 Å². The van der Waals surface area contributed by atoms with Crippen molar-refractivity contribution in [1.82, 2.24) is 10.3 Å². The summed E-state index contributed by atoms with van der Waals surface area (Å²) in [5.41, 5.74) is 2.36. The SMILES string of the molecule is c1ccc2c(-c3csc(CC4CCCN4)n3)cccc2c1. The van der Waals surface area contributed by atoms with Gasteiger partial charge in [0, 0.05) is 23.4 Å². The second-order valence-corrected chi connectivity index (χ2v) is 6.59. The molecule has 1 aliphatic rings. The average Bonchev–Trinajstić information content (AvgIpc) is 3.19. The number of hydrogen-bond acceptors (Lipinski definition) is 3. The summed E-state index contributed by atoms with van der Waals surface area (Å²) in [5.74, 6) is 0. The Morgan fingerprint density at radius 1 is 1.14 bits per heavy atom. The van der Waals surface area contributed by atoms with E-state index in [1.807, 2.05) is 0 Å². The summed E-state index contributed by atoms with van der Waals surface area (Å²) in [7, 11) is 0. The van der Waals surface area contributed by atoms with Crippen LogP contribution in [0.25, 0.3) is 22.0 Å². The third-order valence-corrected chi connectivity index (χ3v) is 5.07. The van der Waals surface area contributed by atoms with Gasteiger partial charge in [-0.3, -0.25) is 0 Å². The molecule has 2 aromatic carbocycles. The lowest BCUT2D eigenvalue weighted by Gasteiger charge is -2.06. The second-order valence-electron chi connectivity index (χ2n) is 5.65. The molecule has 2 nitrogen and oxygen atoms in total. The summed E-state index contributed by atoms with van der Waals surface area (Å²) in [5, 5.41) is 9.57. The van der Waals surface area contributed by atoms with Crippen molar-refractivity contribution in [2.45, 2.75) is 25.3 Å². The predicted molar refractivity (Wildman–Crippen MR) is 89.8 cm³/mol. The monoisotopic (exact) mass is 294 g/mol. The molecule has 1 fully saturated rings. The highest BCUT2D eigenvalue weighted by Gasteiger charge is 2.16. The first kappa shape index (κ1) is 13.0. The molecule has 1 atom stereocenters. The van der Waals surface area contributed by atoms with Gasteiger partial charge in [0.25, 0.3) is 0 Å². The number of aromatic nitrogens is 1. The number of benzene rings is 2. The molecule has 0 amide bonds. The van der Waals surface area contributed by atoms with Gasteiger partial charge in [0.1, 0.15) is 0 Å². The largest absolute Gasteiger partial charge is 0.314 e. The van der Waals surface area contributed by atoms with Crippen LogP contribution in [0.4, 0.5) is 0 Å². The molecule has 4 rings (SSSR count). The van der Waals surface area contributed by atoms with Gasteiger partial charge in [-0.1, -0.05) is 42.5 Å². The summed E-state index contributed by atoms with van der Waals surface area (Å²) in [6, 6.07) is 15.6. The molecular weight excluding hydrogens is 276 g/mol. The number of nitrogens with one attached hydrogen (secondary N) is 1. The summed E-state index contributed by atoms with van der Waals surface area (Å²) >= 11 is 1.79. The summed E-state index contributed by atoms with van der Waals surface area (Å²) < 4.78 is 0. The second kappa shape index (κ2) is 5.58. The van der Waals surface area contributed by atoms with E-state index in [0.717, 1.165) is 18.7 Å². The van der Waals surface area contributed by atoms with Crippen LogP contribution in [0.15, 0.2) is 47.8 Å². The molecule has 1 N–H and O–H groups in total. The molecule has 1 saturated heterocycles. The highest BCUT2D eigenvalue weighted by atomic mass is 32.1. The first-order valence-electron chi connectivity index (χ1n) is 7.56. The number of thiazole rings is 1. The molecule has 0 saturated carbocycles. The van der Waals surface area contributed by atoms with Crippen LogP contribution in [0.1, 0.15) is 17.8 Å². The normalized spacial score (nSPS) is 18.4. The molecule has 0 radical (unpaired) electrons. The Hall–Kier alpha value is -1.71. The van der Waals surface area contributed by atoms with Crippen molar-refractivity contribution < 1.29 is 0 Å². The molecule has 21 heavy (non-hydrogen) atoms. The van der Waals surface area contributed by atoms with Crippen LogP contribution in [0.5, 0.6) is 0 Å². The quantitative estimate of drug-likeness (QED) is 0.781. The van der Waals surface area contributed by atoms with Crippen molar-refractivity contribution in [3.8, 4) is 11.3 Å². The van der Waals surface area contributed by atoms with Gasteiger partial charge in [-0.15, -0.1) is 11.3 Å². The fourth-order valence-corrected chi connectivity index (χ4v) is 3.99. The lowest BCUT2D eigenvalue weighted by atomic mass is 10.0. The van der Waals surface area contributed by atoms with E-state index in [4.69, 9.17) is 4.98 Å². The fraction of sp³-hybridized carbons (Fsp3) is 0.278. The zero-order chi connectivity index (χ0) is 14.1. The summed E-state index contributed by atoms with van der Waals surface area (Å²) in [6.45, 7) is 1.16. The number of rotatable bonds is 3. The van der Waals surface area contributed by atoms with Crippen LogP contribution in [-0.4, -0.2) is 17.6 Å². The van der Waals surface area contributed by atoms with Crippen LogP contribution in [-0.2, 0) is 6.42 Å². The van der Waals surface area contributed by atoms with Gasteiger partial charge in [-0.05, 0) is 30.2 Å². The van der Waals surface area contributed by atoms with Crippen molar-refractivity contribution in [3.63, 3.8) is 0 Å². The maximum absolute atomic E-state index is 4.87. The van der Waals surface area contributed by atoms with Gasteiger partial charge in [-0.2, -0.15) is 0 Å². The van der Waals surface area contributed by atoms with Crippen molar-refractivity contribution in [1.29, 1.82) is 0 Å². The smallest absolute Gasteiger partial charge is 0.0948 e. The van der Waals surface area contributed by atoms with Crippen LogP contribution >= 0.6 is 11.3 Å².